The van der Waals surface area contributed by atoms with Gasteiger partial charge in [-0.25, -0.2) is 4.79 Å². The third-order valence-electron chi connectivity index (χ3n) is 2.27. The highest BCUT2D eigenvalue weighted by molar-refractivity contribution is 5.79. The van der Waals surface area contributed by atoms with Gasteiger partial charge in [-0.3, -0.25) is 4.89 Å². The topological polar surface area (TPSA) is 66.8 Å². The maximum absolute atomic E-state index is 11.1. The summed E-state index contributed by atoms with van der Waals surface area (Å²) in [5.41, 5.74) is -2.26. The minimum absolute atomic E-state index is 0.274. The van der Waals surface area contributed by atoms with Gasteiger partial charge in [0.25, 0.3) is 0 Å². The molecule has 1 atom stereocenters. The van der Waals surface area contributed by atoms with Crippen molar-refractivity contribution < 1.29 is 20.0 Å². The van der Waals surface area contributed by atoms with Gasteiger partial charge in [0.1, 0.15) is 0 Å². The molecule has 0 aliphatic rings. The normalized spacial score (nSPS) is 16.5. The Morgan fingerprint density at radius 3 is 2.08 bits per heavy atom. The van der Waals surface area contributed by atoms with E-state index in [0.717, 1.165) is 0 Å². The molecule has 0 heterocycles. The van der Waals surface area contributed by atoms with Gasteiger partial charge in [-0.05, 0) is 6.42 Å². The molecule has 4 heteroatoms. The van der Waals surface area contributed by atoms with Crippen LogP contribution in [0, 0.1) is 5.41 Å². The van der Waals surface area contributed by atoms with Crippen molar-refractivity contribution in [3.63, 3.8) is 0 Å². The van der Waals surface area contributed by atoms with Crippen LogP contribution in [0.25, 0.3) is 0 Å². The minimum Gasteiger partial charge on any atom is -0.378 e. The Morgan fingerprint density at radius 1 is 1.38 bits per heavy atom. The zero-order valence-corrected chi connectivity index (χ0v) is 8.63. The largest absolute Gasteiger partial charge is 0.378 e. The van der Waals surface area contributed by atoms with E-state index < -0.39 is 17.0 Å². The monoisotopic (exact) mass is 190 g/mol. The molecule has 0 aromatic carbocycles. The fraction of sp³-hybridized carbons (Fsp3) is 0.889. The van der Waals surface area contributed by atoms with Crippen LogP contribution in [0.15, 0.2) is 0 Å². The van der Waals surface area contributed by atoms with Crippen molar-refractivity contribution in [3.8, 4) is 0 Å². The lowest BCUT2D eigenvalue weighted by Gasteiger charge is -2.36. The number of hydrogen-bond donors (Lipinski definition) is 2. The predicted octanol–water partition coefficient (Wildman–Crippen LogP) is 1.58. The lowest BCUT2D eigenvalue weighted by atomic mass is 9.74. The van der Waals surface area contributed by atoms with Gasteiger partial charge < -0.3 is 5.11 Å². The van der Waals surface area contributed by atoms with E-state index in [4.69, 9.17) is 5.26 Å². The SMILES string of the molecule is CCCC(O)(C(=O)OO)C(C)(C)C. The molecular weight excluding hydrogens is 172 g/mol. The molecule has 0 amide bonds. The zero-order valence-electron chi connectivity index (χ0n) is 8.63. The Labute approximate surface area is 78.5 Å². The molecular formula is C9H18O4. The maximum atomic E-state index is 11.1. The van der Waals surface area contributed by atoms with Crippen LogP contribution in [0.1, 0.15) is 40.5 Å². The summed E-state index contributed by atoms with van der Waals surface area (Å²) in [5, 5.41) is 18.2. The molecule has 0 aliphatic heterocycles. The minimum atomic E-state index is -1.61. The van der Waals surface area contributed by atoms with Gasteiger partial charge >= 0.3 is 5.97 Å². The molecule has 0 radical (unpaired) electrons. The average molecular weight is 190 g/mol. The summed E-state index contributed by atoms with van der Waals surface area (Å²) in [4.78, 5) is 14.8. The first-order chi connectivity index (χ1) is 5.79. The molecule has 1 unspecified atom stereocenters. The van der Waals surface area contributed by atoms with Gasteiger partial charge in [-0.2, -0.15) is 5.26 Å². The highest BCUT2D eigenvalue weighted by Gasteiger charge is 2.47. The van der Waals surface area contributed by atoms with Crippen molar-refractivity contribution in [2.24, 2.45) is 5.41 Å². The molecule has 0 spiro atoms. The molecule has 0 aliphatic carbocycles. The van der Waals surface area contributed by atoms with Crippen LogP contribution >= 0.6 is 0 Å². The second-order valence-electron chi connectivity index (χ2n) is 4.24. The standard InChI is InChI=1S/C9H18O4/c1-5-6-9(11,7(10)13-12)8(2,3)4/h11-12H,5-6H2,1-4H3. The smallest absolute Gasteiger partial charge is 0.373 e. The Bertz CT molecular complexity index is 183. The van der Waals surface area contributed by atoms with E-state index in [9.17, 15) is 9.90 Å². The van der Waals surface area contributed by atoms with Crippen molar-refractivity contribution in [3.05, 3.63) is 0 Å². The van der Waals surface area contributed by atoms with E-state index in [-0.39, 0.29) is 6.42 Å². The number of aliphatic hydroxyl groups is 1. The molecule has 0 rings (SSSR count). The molecule has 2 N–H and O–H groups in total. The van der Waals surface area contributed by atoms with Crippen LogP contribution in [0.2, 0.25) is 0 Å². The van der Waals surface area contributed by atoms with E-state index >= 15 is 0 Å². The Kier molecular flexibility index (Phi) is 3.88. The lowest BCUT2D eigenvalue weighted by molar-refractivity contribution is -0.260. The Hall–Kier alpha value is -0.610. The summed E-state index contributed by atoms with van der Waals surface area (Å²) in [7, 11) is 0. The number of carbonyl (C=O) groups excluding carboxylic acids is 1. The van der Waals surface area contributed by atoms with E-state index in [1.165, 1.54) is 0 Å². The highest BCUT2D eigenvalue weighted by atomic mass is 17.1. The first-order valence-corrected chi connectivity index (χ1v) is 4.38. The second-order valence-corrected chi connectivity index (χ2v) is 4.24. The first kappa shape index (κ1) is 12.4. The van der Waals surface area contributed by atoms with Crippen molar-refractivity contribution in [2.45, 2.75) is 46.1 Å². The number of carbonyl (C=O) groups is 1. The van der Waals surface area contributed by atoms with E-state index in [1.807, 2.05) is 6.92 Å². The molecule has 0 aromatic heterocycles. The predicted molar refractivity (Wildman–Crippen MR) is 48.0 cm³/mol. The van der Waals surface area contributed by atoms with Crippen molar-refractivity contribution in [2.75, 3.05) is 0 Å². The summed E-state index contributed by atoms with van der Waals surface area (Å²) in [5.74, 6) is -0.984. The fourth-order valence-electron chi connectivity index (χ4n) is 1.22. The summed E-state index contributed by atoms with van der Waals surface area (Å²) >= 11 is 0. The number of rotatable bonds is 3. The van der Waals surface area contributed by atoms with Crippen molar-refractivity contribution in [1.82, 2.24) is 0 Å². The van der Waals surface area contributed by atoms with Gasteiger partial charge in [0, 0.05) is 5.41 Å². The van der Waals surface area contributed by atoms with Gasteiger partial charge in [0.05, 0.1) is 0 Å². The molecule has 0 fully saturated rings. The molecule has 0 bridgehead atoms. The zero-order chi connectivity index (χ0) is 10.7. The van der Waals surface area contributed by atoms with Crippen LogP contribution in [0.3, 0.4) is 0 Å². The van der Waals surface area contributed by atoms with Gasteiger partial charge in [0.15, 0.2) is 5.60 Å². The fourth-order valence-corrected chi connectivity index (χ4v) is 1.22. The van der Waals surface area contributed by atoms with Crippen molar-refractivity contribution >= 4 is 5.97 Å². The highest BCUT2D eigenvalue weighted by Crippen LogP contribution is 2.35. The molecule has 78 valence electrons. The Morgan fingerprint density at radius 2 is 1.85 bits per heavy atom. The van der Waals surface area contributed by atoms with Gasteiger partial charge in [0.2, 0.25) is 0 Å². The summed E-state index contributed by atoms with van der Waals surface area (Å²) < 4.78 is 0. The van der Waals surface area contributed by atoms with Gasteiger partial charge in [-0.1, -0.05) is 34.1 Å². The van der Waals surface area contributed by atoms with Gasteiger partial charge in [-0.15, -0.1) is 0 Å². The molecule has 13 heavy (non-hydrogen) atoms. The summed E-state index contributed by atoms with van der Waals surface area (Å²) in [6.45, 7) is 7.01. The van der Waals surface area contributed by atoms with Crippen LogP contribution in [-0.2, 0) is 9.68 Å². The summed E-state index contributed by atoms with van der Waals surface area (Å²) in [6.07, 6.45) is 0.915. The lowest BCUT2D eigenvalue weighted by Crippen LogP contribution is -2.50. The molecule has 0 saturated heterocycles. The average Bonchev–Trinajstić information content (AvgIpc) is 2.01. The van der Waals surface area contributed by atoms with Crippen LogP contribution in [-0.4, -0.2) is 21.9 Å². The third-order valence-corrected chi connectivity index (χ3v) is 2.27. The quantitative estimate of drug-likeness (QED) is 0.523. The van der Waals surface area contributed by atoms with Crippen LogP contribution < -0.4 is 0 Å². The van der Waals surface area contributed by atoms with E-state index in [2.05, 4.69) is 4.89 Å². The molecule has 0 aromatic rings. The van der Waals surface area contributed by atoms with Crippen molar-refractivity contribution in [1.29, 1.82) is 0 Å². The second kappa shape index (κ2) is 4.07. The Balaban J connectivity index is 4.83. The summed E-state index contributed by atoms with van der Waals surface area (Å²) in [6, 6.07) is 0. The van der Waals surface area contributed by atoms with E-state index in [1.54, 1.807) is 20.8 Å². The first-order valence-electron chi connectivity index (χ1n) is 4.38. The molecule has 4 nitrogen and oxygen atoms in total. The number of hydrogen-bond acceptors (Lipinski definition) is 4. The van der Waals surface area contributed by atoms with Crippen LogP contribution in [0.5, 0.6) is 0 Å². The third kappa shape index (κ3) is 2.42. The van der Waals surface area contributed by atoms with E-state index in [0.29, 0.717) is 6.42 Å². The molecule has 0 saturated carbocycles. The van der Waals surface area contributed by atoms with Crippen LogP contribution in [0.4, 0.5) is 0 Å². The maximum Gasteiger partial charge on any atom is 0.373 e.